The number of pyridine rings is 1. The van der Waals surface area contributed by atoms with Crippen molar-refractivity contribution in [1.82, 2.24) is 10.3 Å². The van der Waals surface area contributed by atoms with E-state index in [1.807, 2.05) is 30.3 Å². The summed E-state index contributed by atoms with van der Waals surface area (Å²) in [6.45, 7) is 0.420. The first-order chi connectivity index (χ1) is 12.1. The van der Waals surface area contributed by atoms with E-state index in [0.717, 1.165) is 11.3 Å². The molecule has 0 aliphatic heterocycles. The van der Waals surface area contributed by atoms with Gasteiger partial charge in [-0.1, -0.05) is 23.7 Å². The molecule has 6 nitrogen and oxygen atoms in total. The summed E-state index contributed by atoms with van der Waals surface area (Å²) in [6.07, 6.45) is 3.44. The van der Waals surface area contributed by atoms with Crippen LogP contribution >= 0.6 is 11.6 Å². The summed E-state index contributed by atoms with van der Waals surface area (Å²) in [5.41, 5.74) is 1.03. The number of amides is 1. The van der Waals surface area contributed by atoms with Crippen LogP contribution in [0.5, 0.6) is 5.75 Å². The predicted octanol–water partition coefficient (Wildman–Crippen LogP) is 2.92. The molecule has 25 heavy (non-hydrogen) atoms. The van der Waals surface area contributed by atoms with E-state index in [9.17, 15) is 4.79 Å². The maximum absolute atomic E-state index is 12.0. The van der Waals surface area contributed by atoms with Crippen molar-refractivity contribution in [3.63, 3.8) is 0 Å². The summed E-state index contributed by atoms with van der Waals surface area (Å²) in [4.78, 5) is 16.1. The SMILES string of the molecule is COc1ccc(CCNC(=O)/C(C#N)=C\Nc2ccc(Cl)cn2)cc1. The summed E-state index contributed by atoms with van der Waals surface area (Å²) in [5, 5.41) is 15.1. The number of carbonyl (C=O) groups is 1. The van der Waals surface area contributed by atoms with Crippen LogP contribution in [0.4, 0.5) is 5.82 Å². The Balaban J connectivity index is 1.85. The number of ether oxygens (including phenoxy) is 1. The fourth-order valence-electron chi connectivity index (χ4n) is 1.96. The van der Waals surface area contributed by atoms with Crippen molar-refractivity contribution in [3.05, 3.63) is 65.0 Å². The Labute approximate surface area is 151 Å². The minimum atomic E-state index is -0.447. The number of carbonyl (C=O) groups excluding carboxylic acids is 1. The van der Waals surface area contributed by atoms with Crippen molar-refractivity contribution < 1.29 is 9.53 Å². The highest BCUT2D eigenvalue weighted by Gasteiger charge is 2.08. The summed E-state index contributed by atoms with van der Waals surface area (Å²) in [7, 11) is 1.61. The molecule has 7 heteroatoms. The van der Waals surface area contributed by atoms with E-state index >= 15 is 0 Å². The highest BCUT2D eigenvalue weighted by atomic mass is 35.5. The van der Waals surface area contributed by atoms with Gasteiger partial charge in [0.1, 0.15) is 23.2 Å². The zero-order valence-electron chi connectivity index (χ0n) is 13.6. The van der Waals surface area contributed by atoms with Crippen LogP contribution in [0.1, 0.15) is 5.56 Å². The minimum Gasteiger partial charge on any atom is -0.497 e. The van der Waals surface area contributed by atoms with E-state index in [1.165, 1.54) is 12.4 Å². The van der Waals surface area contributed by atoms with Crippen LogP contribution in [-0.4, -0.2) is 24.5 Å². The number of nitriles is 1. The molecule has 0 saturated heterocycles. The van der Waals surface area contributed by atoms with Crippen LogP contribution in [0.2, 0.25) is 5.02 Å². The number of hydrogen-bond acceptors (Lipinski definition) is 5. The Morgan fingerprint density at radius 2 is 2.08 bits per heavy atom. The Hall–Kier alpha value is -3.04. The monoisotopic (exact) mass is 356 g/mol. The molecule has 128 valence electrons. The van der Waals surface area contributed by atoms with E-state index in [0.29, 0.717) is 23.8 Å². The van der Waals surface area contributed by atoms with Crippen molar-refractivity contribution >= 4 is 23.3 Å². The first kappa shape index (κ1) is 18.3. The zero-order chi connectivity index (χ0) is 18.1. The fraction of sp³-hybridized carbons (Fsp3) is 0.167. The lowest BCUT2D eigenvalue weighted by atomic mass is 10.1. The van der Waals surface area contributed by atoms with E-state index < -0.39 is 5.91 Å². The van der Waals surface area contributed by atoms with Crippen LogP contribution in [0, 0.1) is 11.3 Å². The standard InChI is InChI=1S/C18H17ClN4O2/c1-25-16-5-2-13(3-6-16)8-9-21-18(24)14(10-20)11-22-17-7-4-15(19)12-23-17/h2-7,11-12H,8-9H2,1H3,(H,21,24)(H,22,23)/b14-11-. The Morgan fingerprint density at radius 1 is 1.32 bits per heavy atom. The number of nitrogens with one attached hydrogen (secondary N) is 2. The molecule has 0 aliphatic rings. The smallest absolute Gasteiger partial charge is 0.263 e. The molecule has 0 aliphatic carbocycles. The van der Waals surface area contributed by atoms with Gasteiger partial charge in [0.25, 0.3) is 5.91 Å². The van der Waals surface area contributed by atoms with Gasteiger partial charge in [-0.05, 0) is 36.2 Å². The molecule has 1 heterocycles. The van der Waals surface area contributed by atoms with Gasteiger partial charge in [0.15, 0.2) is 0 Å². The Morgan fingerprint density at radius 3 is 2.68 bits per heavy atom. The summed E-state index contributed by atoms with van der Waals surface area (Å²) in [6, 6.07) is 12.8. The molecule has 0 fully saturated rings. The molecule has 0 atom stereocenters. The molecular weight excluding hydrogens is 340 g/mol. The highest BCUT2D eigenvalue weighted by molar-refractivity contribution is 6.30. The average Bonchev–Trinajstić information content (AvgIpc) is 2.64. The Bertz CT molecular complexity index is 780. The minimum absolute atomic E-state index is 0.0357. The topological polar surface area (TPSA) is 87.0 Å². The fourth-order valence-corrected chi connectivity index (χ4v) is 2.08. The molecule has 1 aromatic heterocycles. The summed E-state index contributed by atoms with van der Waals surface area (Å²) < 4.78 is 5.10. The molecule has 1 aromatic carbocycles. The van der Waals surface area contributed by atoms with Crippen LogP contribution < -0.4 is 15.4 Å². The molecule has 0 radical (unpaired) electrons. The predicted molar refractivity (Wildman–Crippen MR) is 96.3 cm³/mol. The molecule has 0 saturated carbocycles. The lowest BCUT2D eigenvalue weighted by Gasteiger charge is -2.06. The largest absolute Gasteiger partial charge is 0.497 e. The number of rotatable bonds is 7. The second kappa shape index (κ2) is 9.30. The number of hydrogen-bond donors (Lipinski definition) is 2. The summed E-state index contributed by atoms with van der Waals surface area (Å²) in [5.74, 6) is 0.824. The van der Waals surface area contributed by atoms with Crippen LogP contribution in [0.15, 0.2) is 54.4 Å². The van der Waals surface area contributed by atoms with Gasteiger partial charge in [0.2, 0.25) is 0 Å². The third kappa shape index (κ3) is 5.83. The maximum Gasteiger partial charge on any atom is 0.263 e. The molecule has 1 amide bonds. The van der Waals surface area contributed by atoms with Gasteiger partial charge in [-0.25, -0.2) is 4.98 Å². The van der Waals surface area contributed by atoms with Crippen LogP contribution in [0.3, 0.4) is 0 Å². The number of halogens is 1. The highest BCUT2D eigenvalue weighted by Crippen LogP contribution is 2.12. The molecule has 2 rings (SSSR count). The quantitative estimate of drug-likeness (QED) is 0.588. The van der Waals surface area contributed by atoms with E-state index in [4.69, 9.17) is 21.6 Å². The lowest BCUT2D eigenvalue weighted by molar-refractivity contribution is -0.117. The second-order valence-corrected chi connectivity index (χ2v) is 5.47. The normalized spacial score (nSPS) is 10.7. The van der Waals surface area contributed by atoms with Crippen molar-refractivity contribution in [2.24, 2.45) is 0 Å². The molecule has 0 bridgehead atoms. The number of nitrogens with zero attached hydrogens (tertiary/aromatic N) is 2. The van der Waals surface area contributed by atoms with Crippen LogP contribution in [0.25, 0.3) is 0 Å². The molecular formula is C18H17ClN4O2. The molecule has 0 unspecified atom stereocenters. The van der Waals surface area contributed by atoms with Crippen molar-refractivity contribution in [2.45, 2.75) is 6.42 Å². The third-order valence-corrected chi connectivity index (χ3v) is 3.54. The van der Waals surface area contributed by atoms with E-state index in [2.05, 4.69) is 15.6 Å². The molecule has 2 N–H and O–H groups in total. The van der Waals surface area contributed by atoms with Gasteiger partial charge < -0.3 is 15.4 Å². The van der Waals surface area contributed by atoms with E-state index in [1.54, 1.807) is 19.2 Å². The third-order valence-electron chi connectivity index (χ3n) is 3.32. The van der Waals surface area contributed by atoms with Crippen molar-refractivity contribution in [2.75, 3.05) is 19.0 Å². The first-order valence-corrected chi connectivity index (χ1v) is 7.89. The number of methoxy groups -OCH3 is 1. The number of benzene rings is 1. The second-order valence-electron chi connectivity index (χ2n) is 5.03. The zero-order valence-corrected chi connectivity index (χ0v) is 14.4. The Kier molecular flexibility index (Phi) is 6.81. The summed E-state index contributed by atoms with van der Waals surface area (Å²) >= 11 is 5.75. The van der Waals surface area contributed by atoms with Gasteiger partial charge in [-0.2, -0.15) is 5.26 Å². The van der Waals surface area contributed by atoms with Gasteiger partial charge >= 0.3 is 0 Å². The first-order valence-electron chi connectivity index (χ1n) is 7.52. The molecule has 0 spiro atoms. The van der Waals surface area contributed by atoms with Gasteiger partial charge in [-0.3, -0.25) is 4.79 Å². The van der Waals surface area contributed by atoms with Crippen molar-refractivity contribution in [3.8, 4) is 11.8 Å². The number of aromatic nitrogens is 1. The van der Waals surface area contributed by atoms with Gasteiger partial charge in [0, 0.05) is 18.9 Å². The van der Waals surface area contributed by atoms with E-state index in [-0.39, 0.29) is 5.57 Å². The van der Waals surface area contributed by atoms with Gasteiger partial charge in [0.05, 0.1) is 12.1 Å². The molecule has 2 aromatic rings. The van der Waals surface area contributed by atoms with Crippen LogP contribution in [-0.2, 0) is 11.2 Å². The average molecular weight is 357 g/mol. The number of anilines is 1. The van der Waals surface area contributed by atoms with Crippen molar-refractivity contribution in [1.29, 1.82) is 5.26 Å². The lowest BCUT2D eigenvalue weighted by Crippen LogP contribution is -2.27. The van der Waals surface area contributed by atoms with Gasteiger partial charge in [-0.15, -0.1) is 0 Å². The maximum atomic E-state index is 12.0.